The summed E-state index contributed by atoms with van der Waals surface area (Å²) in [6.45, 7) is 7.70. The van der Waals surface area contributed by atoms with Gasteiger partial charge in [0.15, 0.2) is 6.10 Å². The molecule has 0 amide bonds. The van der Waals surface area contributed by atoms with Crippen molar-refractivity contribution in [2.45, 2.75) is 57.1 Å². The van der Waals surface area contributed by atoms with Crippen molar-refractivity contribution in [2.24, 2.45) is 0 Å². The number of methoxy groups -OCH3 is 1. The van der Waals surface area contributed by atoms with Crippen LogP contribution in [0.25, 0.3) is 11.0 Å². The van der Waals surface area contributed by atoms with Crippen molar-refractivity contribution in [3.05, 3.63) is 82.7 Å². The van der Waals surface area contributed by atoms with Gasteiger partial charge in [-0.1, -0.05) is 36.4 Å². The molecule has 3 heterocycles. The summed E-state index contributed by atoms with van der Waals surface area (Å²) in [5.74, 6) is 0.790. The van der Waals surface area contributed by atoms with Crippen LogP contribution in [0.15, 0.2) is 70.4 Å². The lowest BCUT2D eigenvalue weighted by molar-refractivity contribution is -0.287. The predicted octanol–water partition coefficient (Wildman–Crippen LogP) is 4.67. The van der Waals surface area contributed by atoms with E-state index >= 15 is 0 Å². The molecule has 37 heavy (non-hydrogen) atoms. The molecular weight excluding hydrogens is 480 g/mol. The van der Waals surface area contributed by atoms with E-state index in [1.54, 1.807) is 25.1 Å². The van der Waals surface area contributed by atoms with Crippen LogP contribution in [-0.4, -0.2) is 43.5 Å². The maximum Gasteiger partial charge on any atom is 0.509 e. The van der Waals surface area contributed by atoms with Crippen LogP contribution in [0.4, 0.5) is 4.79 Å². The van der Waals surface area contributed by atoms with Gasteiger partial charge in [-0.25, -0.2) is 9.59 Å². The fourth-order valence-corrected chi connectivity index (χ4v) is 4.92. The Morgan fingerprint density at radius 3 is 2.54 bits per heavy atom. The van der Waals surface area contributed by atoms with Crippen LogP contribution < -0.4 is 15.1 Å². The molecule has 5 rings (SSSR count). The maximum atomic E-state index is 12.4. The minimum absolute atomic E-state index is 0.295. The highest BCUT2D eigenvalue weighted by atomic mass is 16.8. The van der Waals surface area contributed by atoms with Gasteiger partial charge >= 0.3 is 11.8 Å². The second kappa shape index (κ2) is 9.91. The Morgan fingerprint density at radius 2 is 1.81 bits per heavy atom. The minimum Gasteiger partial charge on any atom is -0.488 e. The molecule has 194 valence electrons. The molecular formula is C28H28O9. The molecule has 0 saturated carbocycles. The monoisotopic (exact) mass is 508 g/mol. The molecule has 5 atom stereocenters. The number of benzene rings is 2. The number of hydrogen-bond acceptors (Lipinski definition) is 9. The molecule has 2 saturated heterocycles. The van der Waals surface area contributed by atoms with E-state index in [1.165, 1.54) is 13.2 Å². The Kier molecular flexibility index (Phi) is 6.66. The number of ether oxygens (including phenoxy) is 6. The van der Waals surface area contributed by atoms with E-state index in [0.717, 1.165) is 5.56 Å². The first kappa shape index (κ1) is 24.9. The molecule has 0 radical (unpaired) electrons. The Balaban J connectivity index is 1.46. The van der Waals surface area contributed by atoms with Gasteiger partial charge in [0.2, 0.25) is 12.4 Å². The van der Waals surface area contributed by atoms with Crippen molar-refractivity contribution < 1.29 is 37.6 Å². The van der Waals surface area contributed by atoms with Crippen molar-refractivity contribution in [3.63, 3.8) is 0 Å². The SMILES string of the molecule is C=CC[C@]1(C)O[C@@H](Oc2ccc3c(OCc4ccccc4)cc(=O)oc3c2C)[C@@H]2OC(=O)O[C@@H]2[C@H]1OC. The topological polar surface area (TPSA) is 103 Å². The first-order chi connectivity index (χ1) is 17.8. The minimum atomic E-state index is -1.01. The largest absolute Gasteiger partial charge is 0.509 e. The summed E-state index contributed by atoms with van der Waals surface area (Å²) < 4.78 is 40.4. The summed E-state index contributed by atoms with van der Waals surface area (Å²) in [4.78, 5) is 24.4. The van der Waals surface area contributed by atoms with Crippen molar-refractivity contribution in [1.29, 1.82) is 0 Å². The van der Waals surface area contributed by atoms with E-state index < -0.39 is 42.0 Å². The molecule has 2 aliphatic heterocycles. The van der Waals surface area contributed by atoms with Crippen LogP contribution in [0.2, 0.25) is 0 Å². The van der Waals surface area contributed by atoms with Gasteiger partial charge in [0, 0.05) is 12.7 Å². The lowest BCUT2D eigenvalue weighted by atomic mass is 9.85. The van der Waals surface area contributed by atoms with Crippen molar-refractivity contribution in [3.8, 4) is 11.5 Å². The summed E-state index contributed by atoms with van der Waals surface area (Å²) >= 11 is 0. The summed E-state index contributed by atoms with van der Waals surface area (Å²) in [5, 5.41) is 0.620. The number of rotatable bonds is 8. The number of carbonyl (C=O) groups is 1. The lowest BCUT2D eigenvalue weighted by Gasteiger charge is -2.46. The lowest BCUT2D eigenvalue weighted by Crippen LogP contribution is -2.63. The summed E-state index contributed by atoms with van der Waals surface area (Å²) in [5.41, 5.74) is 0.402. The van der Waals surface area contributed by atoms with Crippen molar-refractivity contribution in [1.82, 2.24) is 0 Å². The van der Waals surface area contributed by atoms with Crippen LogP contribution in [0.3, 0.4) is 0 Å². The van der Waals surface area contributed by atoms with Crippen LogP contribution in [0.1, 0.15) is 24.5 Å². The Bertz CT molecular complexity index is 1370. The van der Waals surface area contributed by atoms with Crippen molar-refractivity contribution >= 4 is 17.1 Å². The van der Waals surface area contributed by atoms with Crippen LogP contribution in [-0.2, 0) is 25.6 Å². The smallest absolute Gasteiger partial charge is 0.488 e. The van der Waals surface area contributed by atoms with E-state index in [-0.39, 0.29) is 0 Å². The van der Waals surface area contributed by atoms with Gasteiger partial charge < -0.3 is 32.8 Å². The molecule has 2 aliphatic rings. The van der Waals surface area contributed by atoms with E-state index in [2.05, 4.69) is 6.58 Å². The summed E-state index contributed by atoms with van der Waals surface area (Å²) in [7, 11) is 1.52. The van der Waals surface area contributed by atoms with Crippen LogP contribution in [0.5, 0.6) is 11.5 Å². The standard InChI is InChI=1S/C28H28O9/c1-5-13-28(3)25(31-4)23-24(36-27(30)35-23)26(37-28)33-19-12-11-18-20(14-21(29)34-22(18)16(19)2)32-15-17-9-7-6-8-10-17/h5-12,14,23-26H,1,13,15H2,2-4H3/t23-,24+,25+,26+,28-/m0/s1. The van der Waals surface area contributed by atoms with Crippen molar-refractivity contribution in [2.75, 3.05) is 7.11 Å². The third-order valence-electron chi connectivity index (χ3n) is 6.70. The number of fused-ring (bicyclic) bond motifs is 2. The predicted molar refractivity (Wildman–Crippen MR) is 133 cm³/mol. The van der Waals surface area contributed by atoms with E-state index in [0.29, 0.717) is 41.1 Å². The Hall–Kier alpha value is -3.82. The van der Waals surface area contributed by atoms with Gasteiger partial charge in [-0.3, -0.25) is 0 Å². The van der Waals surface area contributed by atoms with Gasteiger partial charge in [0.25, 0.3) is 0 Å². The molecule has 0 aliphatic carbocycles. The third-order valence-corrected chi connectivity index (χ3v) is 6.70. The molecule has 0 bridgehead atoms. The highest BCUT2D eigenvalue weighted by molar-refractivity contribution is 5.87. The fraction of sp³-hybridized carbons (Fsp3) is 0.357. The molecule has 9 nitrogen and oxygen atoms in total. The van der Waals surface area contributed by atoms with Gasteiger partial charge in [0.05, 0.1) is 11.5 Å². The molecule has 0 N–H and O–H groups in total. The average molecular weight is 509 g/mol. The highest BCUT2D eigenvalue weighted by Gasteiger charge is 2.60. The van der Waals surface area contributed by atoms with Crippen LogP contribution >= 0.6 is 0 Å². The van der Waals surface area contributed by atoms with E-state index in [4.69, 9.17) is 32.8 Å². The second-order valence-corrected chi connectivity index (χ2v) is 9.25. The van der Waals surface area contributed by atoms with Gasteiger partial charge in [0.1, 0.15) is 35.4 Å². The average Bonchev–Trinajstić information content (AvgIpc) is 3.26. The van der Waals surface area contributed by atoms with E-state index in [9.17, 15) is 9.59 Å². The molecule has 2 aromatic carbocycles. The first-order valence-corrected chi connectivity index (χ1v) is 11.9. The van der Waals surface area contributed by atoms with Crippen LogP contribution in [0, 0.1) is 6.92 Å². The number of aryl methyl sites for hydroxylation is 1. The van der Waals surface area contributed by atoms with Gasteiger partial charge in [-0.05, 0) is 38.0 Å². The zero-order valence-electron chi connectivity index (χ0n) is 20.8. The molecule has 2 fully saturated rings. The van der Waals surface area contributed by atoms with E-state index in [1.807, 2.05) is 37.3 Å². The quantitative estimate of drug-likeness (QED) is 0.244. The Morgan fingerprint density at radius 1 is 1.05 bits per heavy atom. The molecule has 0 unspecified atom stereocenters. The normalized spacial score (nSPS) is 26.7. The first-order valence-electron chi connectivity index (χ1n) is 11.9. The number of hydrogen-bond donors (Lipinski definition) is 0. The number of carbonyl (C=O) groups excluding carboxylic acids is 1. The molecule has 9 heteroatoms. The molecule has 1 aromatic heterocycles. The zero-order chi connectivity index (χ0) is 26.2. The fourth-order valence-electron chi connectivity index (χ4n) is 4.92. The van der Waals surface area contributed by atoms with Gasteiger partial charge in [-0.15, -0.1) is 6.58 Å². The zero-order valence-corrected chi connectivity index (χ0v) is 20.8. The highest BCUT2D eigenvalue weighted by Crippen LogP contribution is 2.41. The maximum absolute atomic E-state index is 12.4. The molecule has 3 aromatic rings. The second-order valence-electron chi connectivity index (χ2n) is 9.25. The Labute approximate surface area is 213 Å². The molecule has 0 spiro atoms. The summed E-state index contributed by atoms with van der Waals surface area (Å²) in [6.07, 6.45) is -1.90. The summed E-state index contributed by atoms with van der Waals surface area (Å²) in [6, 6.07) is 14.4. The van der Waals surface area contributed by atoms with Gasteiger partial charge in [-0.2, -0.15) is 0 Å². The third kappa shape index (κ3) is 4.68.